The van der Waals surface area contributed by atoms with Gasteiger partial charge in [-0.1, -0.05) is 67.8 Å². The van der Waals surface area contributed by atoms with Crippen LogP contribution < -0.4 is 0 Å². The van der Waals surface area contributed by atoms with Crippen LogP contribution in [0.2, 0.25) is 0 Å². The maximum absolute atomic E-state index is 6.31. The lowest BCUT2D eigenvalue weighted by atomic mass is 9.83. The van der Waals surface area contributed by atoms with Gasteiger partial charge in [-0.2, -0.15) is 0 Å². The van der Waals surface area contributed by atoms with Crippen molar-refractivity contribution in [2.24, 2.45) is 0 Å². The van der Waals surface area contributed by atoms with Crippen molar-refractivity contribution < 1.29 is 4.42 Å². The van der Waals surface area contributed by atoms with E-state index < -0.39 is 0 Å². The number of benzene rings is 4. The third-order valence-corrected chi connectivity index (χ3v) is 7.41. The summed E-state index contributed by atoms with van der Waals surface area (Å²) in [6.07, 6.45) is 6.77. The summed E-state index contributed by atoms with van der Waals surface area (Å²) in [7, 11) is 0. The predicted octanol–water partition coefficient (Wildman–Crippen LogP) is 8.94. The van der Waals surface area contributed by atoms with Gasteiger partial charge in [-0.15, -0.1) is 0 Å². The molecule has 0 unspecified atom stereocenters. The minimum atomic E-state index is 0.713. The fourth-order valence-corrected chi connectivity index (χ4v) is 5.75. The Labute approximate surface area is 186 Å². The predicted molar refractivity (Wildman–Crippen MR) is 134 cm³/mol. The third-order valence-electron chi connectivity index (χ3n) is 7.41. The van der Waals surface area contributed by atoms with Crippen LogP contribution in [0.5, 0.6) is 0 Å². The fourth-order valence-electron chi connectivity index (χ4n) is 5.75. The summed E-state index contributed by atoms with van der Waals surface area (Å²) in [6.45, 7) is 0. The Morgan fingerprint density at radius 3 is 2.34 bits per heavy atom. The number of rotatable bonds is 2. The molecule has 32 heavy (non-hydrogen) atoms. The molecule has 2 heteroatoms. The average Bonchev–Trinajstić information content (AvgIpc) is 3.42. The topological polar surface area (TPSA) is 28.9 Å². The summed E-state index contributed by atoms with van der Waals surface area (Å²) in [5.74, 6) is 0.713. The van der Waals surface area contributed by atoms with E-state index in [2.05, 4.69) is 77.8 Å². The molecule has 6 aromatic rings. The van der Waals surface area contributed by atoms with Gasteiger partial charge in [0.05, 0.1) is 0 Å². The summed E-state index contributed by atoms with van der Waals surface area (Å²) in [4.78, 5) is 3.62. The molecule has 156 valence electrons. The summed E-state index contributed by atoms with van der Waals surface area (Å²) >= 11 is 0. The van der Waals surface area contributed by atoms with E-state index in [-0.39, 0.29) is 0 Å². The van der Waals surface area contributed by atoms with E-state index in [0.29, 0.717) is 5.92 Å². The van der Waals surface area contributed by atoms with E-state index in [1.165, 1.54) is 75.8 Å². The van der Waals surface area contributed by atoms with Gasteiger partial charge in [0.1, 0.15) is 11.2 Å². The molecule has 2 heterocycles. The van der Waals surface area contributed by atoms with Crippen LogP contribution in [-0.4, -0.2) is 4.98 Å². The van der Waals surface area contributed by atoms with Gasteiger partial charge in [-0.25, -0.2) is 0 Å². The van der Waals surface area contributed by atoms with Crippen molar-refractivity contribution in [3.8, 4) is 11.1 Å². The average molecular weight is 416 g/mol. The molecule has 1 N–H and O–H groups in total. The maximum atomic E-state index is 6.31. The highest BCUT2D eigenvalue weighted by atomic mass is 16.3. The Balaban J connectivity index is 1.42. The molecule has 0 spiro atoms. The first-order valence-electron chi connectivity index (χ1n) is 11.8. The molecule has 0 radical (unpaired) electrons. The number of H-pyrrole nitrogens is 1. The van der Waals surface area contributed by atoms with Crippen LogP contribution in [0, 0.1) is 0 Å². The van der Waals surface area contributed by atoms with Crippen molar-refractivity contribution in [3.05, 3.63) is 84.4 Å². The van der Waals surface area contributed by atoms with Gasteiger partial charge >= 0.3 is 0 Å². The van der Waals surface area contributed by atoms with Crippen LogP contribution in [-0.2, 0) is 0 Å². The van der Waals surface area contributed by atoms with Gasteiger partial charge in [-0.3, -0.25) is 0 Å². The van der Waals surface area contributed by atoms with Gasteiger partial charge in [0.2, 0.25) is 0 Å². The van der Waals surface area contributed by atoms with Gasteiger partial charge in [0, 0.05) is 38.1 Å². The highest BCUT2D eigenvalue weighted by molar-refractivity contribution is 6.12. The van der Waals surface area contributed by atoms with Crippen molar-refractivity contribution in [1.29, 1.82) is 0 Å². The van der Waals surface area contributed by atoms with Crippen LogP contribution in [0.4, 0.5) is 0 Å². The second-order valence-electron chi connectivity index (χ2n) is 9.31. The monoisotopic (exact) mass is 415 g/mol. The summed E-state index contributed by atoms with van der Waals surface area (Å²) in [6, 6.07) is 28.6. The Morgan fingerprint density at radius 2 is 1.44 bits per heavy atom. The molecular formula is C30H25NO. The first-order valence-corrected chi connectivity index (χ1v) is 11.8. The van der Waals surface area contributed by atoms with Crippen LogP contribution in [0.15, 0.2) is 83.3 Å². The summed E-state index contributed by atoms with van der Waals surface area (Å²) in [5, 5.41) is 4.98. The zero-order valence-corrected chi connectivity index (χ0v) is 18.0. The molecule has 0 atom stereocenters. The second-order valence-corrected chi connectivity index (χ2v) is 9.31. The molecule has 2 nitrogen and oxygen atoms in total. The van der Waals surface area contributed by atoms with E-state index >= 15 is 0 Å². The Kier molecular flexibility index (Phi) is 3.96. The molecule has 1 fully saturated rings. The van der Waals surface area contributed by atoms with Crippen molar-refractivity contribution in [3.63, 3.8) is 0 Å². The van der Waals surface area contributed by atoms with Crippen LogP contribution in [0.3, 0.4) is 0 Å². The van der Waals surface area contributed by atoms with Crippen LogP contribution in [0.25, 0.3) is 54.9 Å². The quantitative estimate of drug-likeness (QED) is 0.300. The number of nitrogens with one attached hydrogen (secondary N) is 1. The minimum Gasteiger partial charge on any atom is -0.455 e. The molecule has 1 aliphatic rings. The molecule has 1 saturated carbocycles. The lowest BCUT2D eigenvalue weighted by Crippen LogP contribution is -2.04. The number of para-hydroxylation sites is 2. The van der Waals surface area contributed by atoms with E-state index in [1.807, 2.05) is 6.07 Å². The van der Waals surface area contributed by atoms with Crippen molar-refractivity contribution >= 4 is 43.7 Å². The Morgan fingerprint density at radius 1 is 0.656 bits per heavy atom. The SMILES string of the molecule is c1ccc2c(c1)oc1c(-c3ccc4[nH]c5ccc(C6CCCCC6)cc5c4c3)cccc12. The lowest BCUT2D eigenvalue weighted by molar-refractivity contribution is 0.444. The summed E-state index contributed by atoms with van der Waals surface area (Å²) < 4.78 is 6.31. The van der Waals surface area contributed by atoms with E-state index in [9.17, 15) is 0 Å². The highest BCUT2D eigenvalue weighted by Gasteiger charge is 2.17. The number of aromatic nitrogens is 1. The molecule has 2 aromatic heterocycles. The fraction of sp³-hybridized carbons (Fsp3) is 0.200. The zero-order chi connectivity index (χ0) is 21.1. The van der Waals surface area contributed by atoms with Crippen molar-refractivity contribution in [2.75, 3.05) is 0 Å². The number of furan rings is 1. The van der Waals surface area contributed by atoms with Gasteiger partial charge < -0.3 is 9.40 Å². The summed E-state index contributed by atoms with van der Waals surface area (Å²) in [5.41, 5.74) is 8.18. The first-order chi connectivity index (χ1) is 15.8. The number of hydrogen-bond acceptors (Lipinski definition) is 1. The molecular weight excluding hydrogens is 390 g/mol. The molecule has 0 saturated heterocycles. The second kappa shape index (κ2) is 7.00. The molecule has 0 aliphatic heterocycles. The number of hydrogen-bond donors (Lipinski definition) is 1. The molecule has 1 aliphatic carbocycles. The highest BCUT2D eigenvalue weighted by Crippen LogP contribution is 2.39. The van der Waals surface area contributed by atoms with Crippen molar-refractivity contribution in [1.82, 2.24) is 4.98 Å². The zero-order valence-electron chi connectivity index (χ0n) is 18.0. The number of fused-ring (bicyclic) bond motifs is 6. The number of aromatic amines is 1. The van der Waals surface area contributed by atoms with Gasteiger partial charge in [-0.05, 0) is 60.2 Å². The van der Waals surface area contributed by atoms with Gasteiger partial charge in [0.25, 0.3) is 0 Å². The van der Waals surface area contributed by atoms with Crippen LogP contribution >= 0.6 is 0 Å². The maximum Gasteiger partial charge on any atom is 0.143 e. The normalized spacial score (nSPS) is 15.4. The van der Waals surface area contributed by atoms with E-state index in [0.717, 1.165) is 16.7 Å². The van der Waals surface area contributed by atoms with Crippen LogP contribution in [0.1, 0.15) is 43.6 Å². The molecule has 4 aromatic carbocycles. The molecule has 0 bridgehead atoms. The minimum absolute atomic E-state index is 0.713. The van der Waals surface area contributed by atoms with E-state index in [4.69, 9.17) is 4.42 Å². The third kappa shape index (κ3) is 2.72. The van der Waals surface area contributed by atoms with Gasteiger partial charge in [0.15, 0.2) is 0 Å². The Hall–Kier alpha value is -3.52. The molecule has 7 rings (SSSR count). The smallest absolute Gasteiger partial charge is 0.143 e. The first kappa shape index (κ1) is 18.1. The largest absolute Gasteiger partial charge is 0.455 e. The van der Waals surface area contributed by atoms with E-state index in [1.54, 1.807) is 0 Å². The van der Waals surface area contributed by atoms with Crippen molar-refractivity contribution in [2.45, 2.75) is 38.0 Å². The molecule has 0 amide bonds. The standard InChI is InChI=1S/C30H25NO/c1-2-7-19(8-3-1)20-13-15-27-25(17-20)26-18-21(14-16-28(26)31-27)22-10-6-11-24-23-9-4-5-12-29(23)32-30(22)24/h4-6,9-19,31H,1-3,7-8H2. The lowest BCUT2D eigenvalue weighted by Gasteiger charge is -2.22. The Bertz CT molecular complexity index is 1610.